The van der Waals surface area contributed by atoms with Gasteiger partial charge < -0.3 is 15.6 Å². The van der Waals surface area contributed by atoms with Crippen molar-refractivity contribution < 1.29 is 19.4 Å². The fourth-order valence-electron chi connectivity index (χ4n) is 3.53. The molecule has 1 fully saturated rings. The standard InChI is InChI=1S/C18H23ClN4O4/c1-18(12-3-2-4-13(20)15(12)19)9-14(24)23(16(22-18)21-17(25)26)10-11-5-7-27-8-6-11/h2-4,11H,5-10,20H2,1H3,(H,21,22)(H,25,26)/t18-/m0/s1. The summed E-state index contributed by atoms with van der Waals surface area (Å²) in [7, 11) is 0. The predicted molar refractivity (Wildman–Crippen MR) is 102 cm³/mol. The Kier molecular flexibility index (Phi) is 5.57. The Hall–Kier alpha value is -2.32. The van der Waals surface area contributed by atoms with Crippen molar-refractivity contribution in [2.45, 2.75) is 31.7 Å². The molecule has 9 heteroatoms. The maximum absolute atomic E-state index is 13.0. The number of nitrogen functional groups attached to an aromatic ring is 1. The molecule has 0 aromatic heterocycles. The first kappa shape index (κ1) is 19.4. The van der Waals surface area contributed by atoms with Gasteiger partial charge in [-0.1, -0.05) is 23.7 Å². The molecular weight excluding hydrogens is 372 g/mol. The van der Waals surface area contributed by atoms with Gasteiger partial charge in [-0.15, -0.1) is 0 Å². The summed E-state index contributed by atoms with van der Waals surface area (Å²) in [5.41, 5.74) is 5.86. The minimum atomic E-state index is -1.28. The number of carbonyl (C=O) groups excluding carboxylic acids is 1. The first-order valence-corrected chi connectivity index (χ1v) is 9.20. The average Bonchev–Trinajstić information content (AvgIpc) is 2.61. The van der Waals surface area contributed by atoms with Crippen molar-refractivity contribution in [1.29, 1.82) is 0 Å². The zero-order chi connectivity index (χ0) is 19.6. The molecule has 0 bridgehead atoms. The molecule has 2 heterocycles. The largest absolute Gasteiger partial charge is 0.465 e. The number of hydrogen-bond acceptors (Lipinski definition) is 5. The van der Waals surface area contributed by atoms with E-state index in [1.54, 1.807) is 25.1 Å². The summed E-state index contributed by atoms with van der Waals surface area (Å²) in [6.07, 6.45) is 0.441. The highest BCUT2D eigenvalue weighted by Gasteiger charge is 2.41. The summed E-state index contributed by atoms with van der Waals surface area (Å²) in [6.45, 7) is 3.44. The second-order valence-corrected chi connectivity index (χ2v) is 7.46. The Bertz CT molecular complexity index is 779. The molecule has 0 aliphatic carbocycles. The number of anilines is 1. The van der Waals surface area contributed by atoms with Crippen LogP contribution in [0, 0.1) is 5.92 Å². The monoisotopic (exact) mass is 394 g/mol. The van der Waals surface area contributed by atoms with Crippen LogP contribution in [0.3, 0.4) is 0 Å². The second kappa shape index (κ2) is 7.74. The Morgan fingerprint density at radius 2 is 2.19 bits per heavy atom. The van der Waals surface area contributed by atoms with Crippen molar-refractivity contribution in [1.82, 2.24) is 10.2 Å². The Morgan fingerprint density at radius 1 is 1.48 bits per heavy atom. The SMILES string of the molecule is C[C@@]1(c2cccc(N)c2Cl)CC(=O)N(CC2CCOCC2)C(NC(=O)O)=N1. The maximum Gasteiger partial charge on any atom is 0.411 e. The molecule has 1 aromatic carbocycles. The summed E-state index contributed by atoms with van der Waals surface area (Å²) in [5, 5.41) is 11.8. The van der Waals surface area contributed by atoms with E-state index in [0.29, 0.717) is 36.0 Å². The van der Waals surface area contributed by atoms with E-state index in [1.807, 2.05) is 0 Å². The number of nitrogens with two attached hydrogens (primary N) is 1. The second-order valence-electron chi connectivity index (χ2n) is 7.09. The lowest BCUT2D eigenvalue weighted by atomic mass is 9.86. The molecule has 0 unspecified atom stereocenters. The van der Waals surface area contributed by atoms with Crippen LogP contribution in [0.1, 0.15) is 31.7 Å². The maximum atomic E-state index is 13.0. The van der Waals surface area contributed by atoms with Crippen molar-refractivity contribution in [3.05, 3.63) is 28.8 Å². The molecule has 0 radical (unpaired) electrons. The summed E-state index contributed by atoms with van der Waals surface area (Å²) >= 11 is 6.34. The lowest BCUT2D eigenvalue weighted by Crippen LogP contribution is -2.54. The van der Waals surface area contributed by atoms with E-state index >= 15 is 0 Å². The van der Waals surface area contributed by atoms with Crippen LogP contribution < -0.4 is 11.1 Å². The first-order valence-electron chi connectivity index (χ1n) is 8.82. The number of amides is 2. The first-order chi connectivity index (χ1) is 12.8. The molecule has 2 amide bonds. The van der Waals surface area contributed by atoms with Crippen LogP contribution in [0.15, 0.2) is 23.2 Å². The Labute approximate surface area is 162 Å². The number of carboxylic acid groups (broad SMARTS) is 1. The third-order valence-corrected chi connectivity index (χ3v) is 5.44. The zero-order valence-electron chi connectivity index (χ0n) is 15.1. The normalized spacial score (nSPS) is 23.9. The van der Waals surface area contributed by atoms with E-state index in [1.165, 1.54) is 4.90 Å². The van der Waals surface area contributed by atoms with E-state index in [2.05, 4.69) is 10.3 Å². The van der Waals surface area contributed by atoms with Gasteiger partial charge in [-0.05, 0) is 31.7 Å². The Balaban J connectivity index is 1.96. The number of halogens is 1. The minimum absolute atomic E-state index is 0.0197. The van der Waals surface area contributed by atoms with Crippen LogP contribution in [-0.2, 0) is 15.1 Å². The van der Waals surface area contributed by atoms with Gasteiger partial charge in [0.15, 0.2) is 0 Å². The van der Waals surface area contributed by atoms with Crippen molar-refractivity contribution >= 4 is 35.2 Å². The Morgan fingerprint density at radius 3 is 2.85 bits per heavy atom. The van der Waals surface area contributed by atoms with Crippen LogP contribution in [0.5, 0.6) is 0 Å². The van der Waals surface area contributed by atoms with E-state index in [-0.39, 0.29) is 24.2 Å². The lowest BCUT2D eigenvalue weighted by molar-refractivity contribution is -0.130. The summed E-state index contributed by atoms with van der Waals surface area (Å²) < 4.78 is 5.35. The quantitative estimate of drug-likeness (QED) is 0.680. The molecular formula is C18H23ClN4O4. The minimum Gasteiger partial charge on any atom is -0.465 e. The average molecular weight is 395 g/mol. The molecule has 3 rings (SSSR count). The molecule has 27 heavy (non-hydrogen) atoms. The van der Waals surface area contributed by atoms with E-state index in [4.69, 9.17) is 22.1 Å². The topological polar surface area (TPSA) is 117 Å². The van der Waals surface area contributed by atoms with Crippen molar-refractivity contribution in [3.63, 3.8) is 0 Å². The number of ether oxygens (including phenoxy) is 1. The third-order valence-electron chi connectivity index (χ3n) is 5.01. The van der Waals surface area contributed by atoms with Crippen LogP contribution in [0.4, 0.5) is 10.5 Å². The fourth-order valence-corrected chi connectivity index (χ4v) is 3.86. The smallest absolute Gasteiger partial charge is 0.411 e. The highest BCUT2D eigenvalue weighted by molar-refractivity contribution is 6.34. The van der Waals surface area contributed by atoms with Crippen molar-refractivity contribution in [2.24, 2.45) is 10.9 Å². The van der Waals surface area contributed by atoms with Crippen molar-refractivity contribution in [2.75, 3.05) is 25.5 Å². The molecule has 1 atom stereocenters. The van der Waals surface area contributed by atoms with Crippen LogP contribution in [-0.4, -0.2) is 47.7 Å². The molecule has 0 spiro atoms. The number of rotatable bonds is 3. The molecule has 1 aromatic rings. The number of hydrogen-bond donors (Lipinski definition) is 3. The van der Waals surface area contributed by atoms with Gasteiger partial charge in [0.1, 0.15) is 0 Å². The van der Waals surface area contributed by atoms with Gasteiger partial charge in [-0.25, -0.2) is 9.79 Å². The van der Waals surface area contributed by atoms with Gasteiger partial charge in [0, 0.05) is 25.3 Å². The molecule has 8 nitrogen and oxygen atoms in total. The molecule has 0 saturated carbocycles. The van der Waals surface area contributed by atoms with E-state index in [9.17, 15) is 14.7 Å². The van der Waals surface area contributed by atoms with Crippen molar-refractivity contribution in [3.8, 4) is 0 Å². The summed E-state index contributed by atoms with van der Waals surface area (Å²) in [5.74, 6) is 0.0521. The highest BCUT2D eigenvalue weighted by Crippen LogP contribution is 2.39. The highest BCUT2D eigenvalue weighted by atomic mass is 35.5. The van der Waals surface area contributed by atoms with Gasteiger partial charge in [0.2, 0.25) is 11.9 Å². The number of guanidine groups is 1. The zero-order valence-corrected chi connectivity index (χ0v) is 15.8. The van der Waals surface area contributed by atoms with Crippen LogP contribution >= 0.6 is 11.6 Å². The number of carbonyl (C=O) groups is 2. The molecule has 2 aliphatic heterocycles. The number of nitrogens with zero attached hydrogens (tertiary/aromatic N) is 2. The number of nitrogens with one attached hydrogen (secondary N) is 1. The summed E-state index contributed by atoms with van der Waals surface area (Å²) in [6, 6.07) is 5.15. The van der Waals surface area contributed by atoms with E-state index < -0.39 is 11.6 Å². The van der Waals surface area contributed by atoms with Crippen LogP contribution in [0.2, 0.25) is 5.02 Å². The molecule has 1 saturated heterocycles. The summed E-state index contributed by atoms with van der Waals surface area (Å²) in [4.78, 5) is 30.2. The third kappa shape index (κ3) is 4.17. The predicted octanol–water partition coefficient (Wildman–Crippen LogP) is 2.42. The van der Waals surface area contributed by atoms with Gasteiger partial charge in [0.25, 0.3) is 0 Å². The van der Waals surface area contributed by atoms with Gasteiger partial charge in [0.05, 0.1) is 22.7 Å². The fraction of sp³-hybridized carbons (Fsp3) is 0.500. The van der Waals surface area contributed by atoms with Gasteiger partial charge >= 0.3 is 6.09 Å². The molecule has 146 valence electrons. The van der Waals surface area contributed by atoms with Crippen LogP contribution in [0.25, 0.3) is 0 Å². The number of benzene rings is 1. The van der Waals surface area contributed by atoms with E-state index in [0.717, 1.165) is 12.8 Å². The number of aliphatic imine (C=N–C) groups is 1. The molecule has 4 N–H and O–H groups in total. The van der Waals surface area contributed by atoms with Gasteiger partial charge in [-0.3, -0.25) is 15.0 Å². The van der Waals surface area contributed by atoms with Gasteiger partial charge in [-0.2, -0.15) is 0 Å². The lowest BCUT2D eigenvalue weighted by Gasteiger charge is -2.38. The molecule has 2 aliphatic rings.